The SMILES string of the molecule is CCOC(=O)CC(NC(=O)OC(C)(C)C)C(=O)OCOC=O. The Bertz CT molecular complexity index is 401. The zero-order chi connectivity index (χ0) is 17.2. The molecule has 0 spiro atoms. The van der Waals surface area contributed by atoms with Crippen LogP contribution in [0.15, 0.2) is 0 Å². The number of amides is 1. The third-order valence-electron chi connectivity index (χ3n) is 1.99. The van der Waals surface area contributed by atoms with Gasteiger partial charge in [0.2, 0.25) is 6.79 Å². The fraction of sp³-hybridized carbons (Fsp3) is 0.692. The highest BCUT2D eigenvalue weighted by Gasteiger charge is 2.28. The second-order valence-electron chi connectivity index (χ2n) is 5.05. The smallest absolute Gasteiger partial charge is 0.408 e. The first-order valence-corrected chi connectivity index (χ1v) is 6.56. The number of nitrogens with one attached hydrogen (secondary N) is 1. The highest BCUT2D eigenvalue weighted by Crippen LogP contribution is 2.08. The molecule has 0 aliphatic heterocycles. The lowest BCUT2D eigenvalue weighted by Crippen LogP contribution is -2.45. The molecule has 1 amide bonds. The van der Waals surface area contributed by atoms with Gasteiger partial charge in [-0.15, -0.1) is 0 Å². The van der Waals surface area contributed by atoms with Gasteiger partial charge in [0.25, 0.3) is 6.47 Å². The standard InChI is InChI=1S/C13H21NO8/c1-5-20-10(16)6-9(11(17)21-8-19-7-15)14-12(18)22-13(2,3)4/h7,9H,5-6,8H2,1-4H3,(H,14,18). The van der Waals surface area contributed by atoms with Crippen molar-refractivity contribution in [3.05, 3.63) is 0 Å². The molecule has 0 saturated heterocycles. The van der Waals surface area contributed by atoms with Gasteiger partial charge in [0.05, 0.1) is 13.0 Å². The van der Waals surface area contributed by atoms with Crippen molar-refractivity contribution < 1.29 is 38.1 Å². The first-order valence-electron chi connectivity index (χ1n) is 6.56. The molecule has 0 rings (SSSR count). The van der Waals surface area contributed by atoms with Gasteiger partial charge in [0, 0.05) is 0 Å². The Hall–Kier alpha value is -2.32. The summed E-state index contributed by atoms with van der Waals surface area (Å²) in [5.41, 5.74) is -0.775. The van der Waals surface area contributed by atoms with Crippen LogP contribution in [0.4, 0.5) is 4.79 Å². The molecule has 9 nitrogen and oxygen atoms in total. The summed E-state index contributed by atoms with van der Waals surface area (Å²) in [6, 6.07) is -1.32. The van der Waals surface area contributed by atoms with Gasteiger partial charge in [-0.3, -0.25) is 9.59 Å². The minimum Gasteiger partial charge on any atom is -0.466 e. The second-order valence-corrected chi connectivity index (χ2v) is 5.05. The Morgan fingerprint density at radius 1 is 1.18 bits per heavy atom. The summed E-state index contributed by atoms with van der Waals surface area (Å²) in [6.07, 6.45) is -1.33. The third-order valence-corrected chi connectivity index (χ3v) is 1.99. The first-order chi connectivity index (χ1) is 10.2. The lowest BCUT2D eigenvalue weighted by Gasteiger charge is -2.22. The largest absolute Gasteiger partial charge is 0.466 e. The summed E-state index contributed by atoms with van der Waals surface area (Å²) >= 11 is 0. The van der Waals surface area contributed by atoms with Crippen molar-refractivity contribution in [2.24, 2.45) is 0 Å². The molecular formula is C13H21NO8. The normalized spacial score (nSPS) is 11.8. The third kappa shape index (κ3) is 9.56. The van der Waals surface area contributed by atoms with E-state index in [0.29, 0.717) is 0 Å². The Balaban J connectivity index is 4.69. The fourth-order valence-corrected chi connectivity index (χ4v) is 1.25. The van der Waals surface area contributed by atoms with Crippen LogP contribution >= 0.6 is 0 Å². The molecule has 126 valence electrons. The highest BCUT2D eigenvalue weighted by atomic mass is 16.7. The molecule has 0 aliphatic carbocycles. The summed E-state index contributed by atoms with van der Waals surface area (Å²) in [6.45, 7) is 6.12. The molecule has 9 heteroatoms. The van der Waals surface area contributed by atoms with Crippen LogP contribution in [0.5, 0.6) is 0 Å². The molecule has 0 saturated carbocycles. The summed E-state index contributed by atoms with van der Waals surface area (Å²) in [5, 5.41) is 2.21. The molecule has 1 unspecified atom stereocenters. The van der Waals surface area contributed by atoms with E-state index in [0.717, 1.165) is 0 Å². The van der Waals surface area contributed by atoms with Crippen molar-refractivity contribution in [3.63, 3.8) is 0 Å². The van der Waals surface area contributed by atoms with Gasteiger partial charge >= 0.3 is 18.0 Å². The summed E-state index contributed by atoms with van der Waals surface area (Å²) in [4.78, 5) is 44.8. The number of hydrogen-bond donors (Lipinski definition) is 1. The predicted molar refractivity (Wildman–Crippen MR) is 72.5 cm³/mol. The number of alkyl carbamates (subject to hydrolysis) is 1. The first kappa shape index (κ1) is 19.7. The summed E-state index contributed by atoms with van der Waals surface area (Å²) in [7, 11) is 0. The molecule has 0 heterocycles. The van der Waals surface area contributed by atoms with E-state index in [9.17, 15) is 19.2 Å². The van der Waals surface area contributed by atoms with Crippen LogP contribution in [-0.2, 0) is 33.3 Å². The predicted octanol–water partition coefficient (Wildman–Crippen LogP) is 0.507. The van der Waals surface area contributed by atoms with Crippen molar-refractivity contribution in [1.29, 1.82) is 0 Å². The van der Waals surface area contributed by atoms with Gasteiger partial charge in [-0.05, 0) is 27.7 Å². The molecule has 0 fully saturated rings. The zero-order valence-electron chi connectivity index (χ0n) is 13.0. The number of ether oxygens (including phenoxy) is 4. The van der Waals surface area contributed by atoms with Crippen molar-refractivity contribution in [3.8, 4) is 0 Å². The minimum atomic E-state index is -1.32. The van der Waals surface area contributed by atoms with Gasteiger partial charge in [0.1, 0.15) is 11.6 Å². The average molecular weight is 319 g/mol. The van der Waals surface area contributed by atoms with Crippen molar-refractivity contribution >= 4 is 24.5 Å². The van der Waals surface area contributed by atoms with E-state index >= 15 is 0 Å². The molecular weight excluding hydrogens is 298 g/mol. The molecule has 1 atom stereocenters. The summed E-state index contributed by atoms with van der Waals surface area (Å²) < 4.78 is 18.5. The van der Waals surface area contributed by atoms with Gasteiger partial charge in [-0.25, -0.2) is 9.59 Å². The monoisotopic (exact) mass is 319 g/mol. The Morgan fingerprint density at radius 3 is 2.32 bits per heavy atom. The maximum absolute atomic E-state index is 11.8. The van der Waals surface area contributed by atoms with Crippen LogP contribution in [0.3, 0.4) is 0 Å². The maximum Gasteiger partial charge on any atom is 0.408 e. The van der Waals surface area contributed by atoms with Crippen LogP contribution in [0.1, 0.15) is 34.1 Å². The minimum absolute atomic E-state index is 0.0922. The van der Waals surface area contributed by atoms with Gasteiger partial charge in [0.15, 0.2) is 0 Å². The lowest BCUT2D eigenvalue weighted by atomic mass is 10.2. The molecule has 0 aromatic carbocycles. The van der Waals surface area contributed by atoms with Gasteiger partial charge in [-0.1, -0.05) is 0 Å². The highest BCUT2D eigenvalue weighted by molar-refractivity contribution is 5.86. The Labute approximate surface area is 128 Å². The van der Waals surface area contributed by atoms with Gasteiger partial charge < -0.3 is 24.3 Å². The van der Waals surface area contributed by atoms with Crippen LogP contribution in [0, 0.1) is 0 Å². The summed E-state index contributed by atoms with van der Waals surface area (Å²) in [5.74, 6) is -1.66. The number of esters is 2. The molecule has 0 radical (unpaired) electrons. The van der Waals surface area contributed by atoms with E-state index in [-0.39, 0.29) is 13.1 Å². The topological polar surface area (TPSA) is 117 Å². The van der Waals surface area contributed by atoms with E-state index in [1.807, 2.05) is 0 Å². The van der Waals surface area contributed by atoms with E-state index in [1.54, 1.807) is 27.7 Å². The molecule has 1 N–H and O–H groups in total. The van der Waals surface area contributed by atoms with E-state index in [1.165, 1.54) is 0 Å². The van der Waals surface area contributed by atoms with Crippen LogP contribution in [-0.4, -0.2) is 49.5 Å². The number of carbonyl (C=O) groups excluding carboxylic acids is 4. The fourth-order valence-electron chi connectivity index (χ4n) is 1.25. The van der Waals surface area contributed by atoms with E-state index in [2.05, 4.69) is 14.8 Å². The van der Waals surface area contributed by atoms with Crippen LogP contribution in [0.25, 0.3) is 0 Å². The number of rotatable bonds is 8. The molecule has 0 aromatic heterocycles. The molecule has 0 aliphatic rings. The molecule has 22 heavy (non-hydrogen) atoms. The molecule has 0 bridgehead atoms. The number of carbonyl (C=O) groups is 4. The van der Waals surface area contributed by atoms with Crippen molar-refractivity contribution in [1.82, 2.24) is 5.32 Å². The maximum atomic E-state index is 11.8. The van der Waals surface area contributed by atoms with Crippen LogP contribution in [0.2, 0.25) is 0 Å². The van der Waals surface area contributed by atoms with Crippen LogP contribution < -0.4 is 5.32 Å². The lowest BCUT2D eigenvalue weighted by molar-refractivity contribution is -0.164. The van der Waals surface area contributed by atoms with E-state index < -0.39 is 42.9 Å². The molecule has 0 aromatic rings. The number of hydrogen-bond acceptors (Lipinski definition) is 8. The van der Waals surface area contributed by atoms with E-state index in [4.69, 9.17) is 9.47 Å². The quantitative estimate of drug-likeness (QED) is 0.226. The Morgan fingerprint density at radius 2 is 1.82 bits per heavy atom. The zero-order valence-corrected chi connectivity index (χ0v) is 13.0. The van der Waals surface area contributed by atoms with Crippen molar-refractivity contribution in [2.75, 3.05) is 13.4 Å². The van der Waals surface area contributed by atoms with Crippen molar-refractivity contribution in [2.45, 2.75) is 45.8 Å². The second kappa shape index (κ2) is 9.59. The Kier molecular flexibility index (Phi) is 8.58. The average Bonchev–Trinajstić information content (AvgIpc) is 2.36. The van der Waals surface area contributed by atoms with Gasteiger partial charge in [-0.2, -0.15) is 0 Å².